The Morgan fingerprint density at radius 2 is 1.94 bits per heavy atom. The Labute approximate surface area is 199 Å². The Kier molecular flexibility index (Phi) is 8.54. The van der Waals surface area contributed by atoms with Crippen LogP contribution in [0.3, 0.4) is 0 Å². The van der Waals surface area contributed by atoms with Crippen LogP contribution in [0.25, 0.3) is 11.3 Å². The number of rotatable bonds is 12. The molecule has 7 nitrogen and oxygen atoms in total. The van der Waals surface area contributed by atoms with E-state index in [0.717, 1.165) is 30.0 Å². The van der Waals surface area contributed by atoms with Crippen molar-refractivity contribution < 1.29 is 13.9 Å². The number of likely N-dealkylation sites (tertiary alicyclic amines) is 1. The summed E-state index contributed by atoms with van der Waals surface area (Å²) in [5, 5.41) is 3.22. The molecule has 34 heavy (non-hydrogen) atoms. The van der Waals surface area contributed by atoms with E-state index in [9.17, 15) is 4.39 Å². The monoisotopic (exact) mass is 463 g/mol. The number of nitrogens with one attached hydrogen (secondary N) is 1. The van der Waals surface area contributed by atoms with Crippen molar-refractivity contribution in [2.75, 3.05) is 38.2 Å². The largest absolute Gasteiger partial charge is 0.493 e. The topological polar surface area (TPSA) is 72.4 Å². The van der Waals surface area contributed by atoms with Crippen molar-refractivity contribution >= 4 is 11.6 Å². The first-order valence-corrected chi connectivity index (χ1v) is 11.6. The van der Waals surface area contributed by atoms with Gasteiger partial charge in [-0.05, 0) is 62.7 Å². The van der Waals surface area contributed by atoms with Gasteiger partial charge in [0, 0.05) is 41.8 Å². The van der Waals surface area contributed by atoms with Crippen LogP contribution in [-0.2, 0) is 11.3 Å². The number of pyridine rings is 1. The quantitative estimate of drug-likeness (QED) is 0.230. The van der Waals surface area contributed by atoms with Crippen molar-refractivity contribution in [3.8, 4) is 17.0 Å². The van der Waals surface area contributed by atoms with Gasteiger partial charge in [-0.1, -0.05) is 6.08 Å². The lowest BCUT2D eigenvalue weighted by atomic mass is 10.2. The number of ether oxygens (including phenoxy) is 2. The highest BCUT2D eigenvalue weighted by Crippen LogP contribution is 2.26. The molecule has 3 aromatic rings. The number of hydrogen-bond donors (Lipinski definition) is 1. The molecule has 3 heterocycles. The zero-order chi connectivity index (χ0) is 23.6. The van der Waals surface area contributed by atoms with E-state index in [4.69, 9.17) is 9.47 Å². The second-order valence-corrected chi connectivity index (χ2v) is 8.13. The van der Waals surface area contributed by atoms with Crippen molar-refractivity contribution in [3.63, 3.8) is 0 Å². The normalized spacial score (nSPS) is 13.7. The van der Waals surface area contributed by atoms with Crippen LogP contribution in [0.2, 0.25) is 0 Å². The van der Waals surface area contributed by atoms with Crippen molar-refractivity contribution in [2.45, 2.75) is 25.9 Å². The molecule has 4 rings (SSSR count). The smallest absolute Gasteiger partial charge is 0.227 e. The van der Waals surface area contributed by atoms with Gasteiger partial charge in [0.25, 0.3) is 0 Å². The van der Waals surface area contributed by atoms with Crippen molar-refractivity contribution in [3.05, 3.63) is 73.0 Å². The molecule has 1 fully saturated rings. The third-order valence-corrected chi connectivity index (χ3v) is 5.56. The van der Waals surface area contributed by atoms with Gasteiger partial charge in [-0.2, -0.15) is 4.39 Å². The first kappa shape index (κ1) is 23.8. The fraction of sp³-hybridized carbons (Fsp3) is 0.346. The molecule has 178 valence electrons. The van der Waals surface area contributed by atoms with E-state index >= 15 is 0 Å². The molecule has 0 amide bonds. The predicted molar refractivity (Wildman–Crippen MR) is 131 cm³/mol. The summed E-state index contributed by atoms with van der Waals surface area (Å²) in [6.45, 7) is 8.68. The van der Waals surface area contributed by atoms with E-state index in [1.54, 1.807) is 24.4 Å². The Morgan fingerprint density at radius 1 is 1.09 bits per heavy atom. The highest BCUT2D eigenvalue weighted by atomic mass is 19.1. The van der Waals surface area contributed by atoms with Crippen LogP contribution in [0.1, 0.15) is 24.8 Å². The summed E-state index contributed by atoms with van der Waals surface area (Å²) in [5.41, 5.74) is 2.97. The third-order valence-electron chi connectivity index (χ3n) is 5.56. The molecule has 0 spiro atoms. The summed E-state index contributed by atoms with van der Waals surface area (Å²) in [6.07, 6.45) is 8.36. The number of nitrogens with zero attached hydrogens (tertiary/aromatic N) is 4. The summed E-state index contributed by atoms with van der Waals surface area (Å²) in [5.74, 6) is 0.663. The molecule has 0 atom stereocenters. The van der Waals surface area contributed by atoms with Gasteiger partial charge >= 0.3 is 0 Å². The molecule has 0 radical (unpaired) electrons. The molecule has 0 aliphatic carbocycles. The maximum Gasteiger partial charge on any atom is 0.227 e. The van der Waals surface area contributed by atoms with Gasteiger partial charge < -0.3 is 19.7 Å². The van der Waals surface area contributed by atoms with Gasteiger partial charge in [0.15, 0.2) is 0 Å². The lowest BCUT2D eigenvalue weighted by Crippen LogP contribution is -2.22. The number of anilines is 2. The molecule has 0 bridgehead atoms. The average molecular weight is 464 g/mol. The van der Waals surface area contributed by atoms with Crippen LogP contribution in [0.5, 0.6) is 5.75 Å². The molecular formula is C26H30FN5O2. The zero-order valence-corrected chi connectivity index (χ0v) is 19.3. The number of hydrogen-bond acceptors (Lipinski definition) is 7. The van der Waals surface area contributed by atoms with Crippen LogP contribution in [0, 0.1) is 5.95 Å². The number of aromatic nitrogens is 3. The standard InChI is InChI=1S/C26H30FN5O2/c1-2-15-33-19-21-17-22(6-7-24(21)34-16-5-14-32-12-3-4-13-32)30-26-29-11-9-23(31-26)20-8-10-28-25(27)18-20/h2,6-11,17-18H,1,3-5,12-16,19H2,(H,29,30,31). The van der Waals surface area contributed by atoms with Crippen LogP contribution in [-0.4, -0.2) is 52.7 Å². The van der Waals surface area contributed by atoms with E-state index < -0.39 is 5.95 Å². The Bertz CT molecular complexity index is 1090. The fourth-order valence-electron chi connectivity index (χ4n) is 3.91. The summed E-state index contributed by atoms with van der Waals surface area (Å²) in [6, 6.07) is 10.6. The molecule has 1 saturated heterocycles. The maximum absolute atomic E-state index is 13.5. The van der Waals surface area contributed by atoms with Crippen LogP contribution in [0.4, 0.5) is 16.0 Å². The lowest BCUT2D eigenvalue weighted by Gasteiger charge is -2.16. The minimum atomic E-state index is -0.550. The van der Waals surface area contributed by atoms with Gasteiger partial charge in [0.05, 0.1) is 25.5 Å². The zero-order valence-electron chi connectivity index (χ0n) is 19.3. The SMILES string of the molecule is C=CCOCc1cc(Nc2nccc(-c3ccnc(F)c3)n2)ccc1OCCCN1CCCC1. The van der Waals surface area contributed by atoms with Gasteiger partial charge in [-0.15, -0.1) is 6.58 Å². The van der Waals surface area contributed by atoms with E-state index in [0.29, 0.717) is 37.0 Å². The van der Waals surface area contributed by atoms with Crippen LogP contribution < -0.4 is 10.1 Å². The van der Waals surface area contributed by atoms with Crippen molar-refractivity contribution in [1.29, 1.82) is 0 Å². The highest BCUT2D eigenvalue weighted by molar-refractivity contribution is 5.62. The highest BCUT2D eigenvalue weighted by Gasteiger charge is 2.12. The van der Waals surface area contributed by atoms with Crippen molar-refractivity contribution in [1.82, 2.24) is 19.9 Å². The lowest BCUT2D eigenvalue weighted by molar-refractivity contribution is 0.145. The summed E-state index contributed by atoms with van der Waals surface area (Å²) >= 11 is 0. The fourth-order valence-corrected chi connectivity index (χ4v) is 3.91. The van der Waals surface area contributed by atoms with Crippen LogP contribution >= 0.6 is 0 Å². The minimum absolute atomic E-state index is 0.403. The molecule has 0 unspecified atom stereocenters. The van der Waals surface area contributed by atoms with Crippen LogP contribution in [0.15, 0.2) is 61.4 Å². The maximum atomic E-state index is 13.5. The molecule has 1 N–H and O–H groups in total. The first-order chi connectivity index (χ1) is 16.7. The second-order valence-electron chi connectivity index (χ2n) is 8.13. The molecule has 1 aliphatic rings. The molecule has 1 aromatic carbocycles. The Morgan fingerprint density at radius 3 is 2.76 bits per heavy atom. The second kappa shape index (κ2) is 12.2. The van der Waals surface area contributed by atoms with E-state index in [1.165, 1.54) is 38.2 Å². The molecule has 8 heteroatoms. The predicted octanol–water partition coefficient (Wildman–Crippen LogP) is 4.99. The first-order valence-electron chi connectivity index (χ1n) is 11.6. The number of halogens is 1. The third kappa shape index (κ3) is 6.82. The Hall–Kier alpha value is -3.36. The van der Waals surface area contributed by atoms with Gasteiger partial charge in [-0.3, -0.25) is 0 Å². The van der Waals surface area contributed by atoms with Gasteiger partial charge in [-0.25, -0.2) is 15.0 Å². The number of benzene rings is 1. The van der Waals surface area contributed by atoms with Crippen molar-refractivity contribution in [2.24, 2.45) is 0 Å². The average Bonchev–Trinajstić information content (AvgIpc) is 3.37. The minimum Gasteiger partial charge on any atom is -0.493 e. The van der Waals surface area contributed by atoms with Gasteiger partial charge in [0.1, 0.15) is 5.75 Å². The molecule has 1 aliphatic heterocycles. The Balaban J connectivity index is 1.43. The molecule has 2 aromatic heterocycles. The van der Waals surface area contributed by atoms with E-state index in [2.05, 4.69) is 31.7 Å². The molecule has 0 saturated carbocycles. The molecular weight excluding hydrogens is 433 g/mol. The van der Waals surface area contributed by atoms with E-state index in [-0.39, 0.29) is 0 Å². The van der Waals surface area contributed by atoms with Gasteiger partial charge in [0.2, 0.25) is 11.9 Å². The summed E-state index contributed by atoms with van der Waals surface area (Å²) in [7, 11) is 0. The van der Waals surface area contributed by atoms with E-state index in [1.807, 2.05) is 18.2 Å². The summed E-state index contributed by atoms with van der Waals surface area (Å²) < 4.78 is 25.3. The summed E-state index contributed by atoms with van der Waals surface area (Å²) in [4.78, 5) is 14.9.